The van der Waals surface area contributed by atoms with Crippen molar-refractivity contribution in [3.8, 4) is 11.4 Å². The molecule has 0 N–H and O–H groups in total. The first-order valence-electron chi connectivity index (χ1n) is 9.91. The number of rotatable bonds is 1. The van der Waals surface area contributed by atoms with E-state index in [1.165, 1.54) is 44.5 Å². The van der Waals surface area contributed by atoms with Gasteiger partial charge < -0.3 is 0 Å². The van der Waals surface area contributed by atoms with Crippen LogP contribution in [0.25, 0.3) is 11.4 Å². The quantitative estimate of drug-likeness (QED) is 0.423. The third-order valence-electron chi connectivity index (χ3n) is 6.23. The zero-order valence-corrected chi connectivity index (χ0v) is 15.8. The second kappa shape index (κ2) is 5.90. The van der Waals surface area contributed by atoms with Crippen LogP contribution >= 0.6 is 0 Å². The molecule has 2 aliphatic heterocycles. The van der Waals surface area contributed by atoms with Crippen LogP contribution in [-0.2, 0) is 12.8 Å². The highest BCUT2D eigenvalue weighted by Crippen LogP contribution is 2.25. The van der Waals surface area contributed by atoms with Gasteiger partial charge in [0.2, 0.25) is 6.71 Å². The summed E-state index contributed by atoms with van der Waals surface area (Å²) in [6, 6.07) is 26.1. The zero-order chi connectivity index (χ0) is 18.7. The Bertz CT molecular complexity index is 1170. The van der Waals surface area contributed by atoms with Gasteiger partial charge in [-0.15, -0.1) is 0 Å². The minimum Gasteiger partial charge on any atom is -0.233 e. The van der Waals surface area contributed by atoms with E-state index in [4.69, 9.17) is 9.97 Å². The molecule has 132 valence electrons. The molecule has 0 radical (unpaired) electrons. The number of aryl methyl sites for hydroxylation is 1. The third kappa shape index (κ3) is 2.23. The monoisotopic (exact) mass is 358 g/mol. The molecule has 3 heterocycles. The van der Waals surface area contributed by atoms with E-state index in [0.717, 1.165) is 24.2 Å². The summed E-state index contributed by atoms with van der Waals surface area (Å²) < 4.78 is 0. The van der Waals surface area contributed by atoms with E-state index < -0.39 is 0 Å². The lowest BCUT2D eigenvalue weighted by Crippen LogP contribution is -2.61. The fourth-order valence-corrected chi connectivity index (χ4v) is 4.91. The van der Waals surface area contributed by atoms with E-state index in [1.807, 2.05) is 0 Å². The van der Waals surface area contributed by atoms with Crippen molar-refractivity contribution < 1.29 is 0 Å². The predicted molar refractivity (Wildman–Crippen MR) is 115 cm³/mol. The number of hydrogen-bond donors (Lipinski definition) is 0. The maximum Gasteiger partial charge on any atom is 0.246 e. The molecule has 0 unspecified atom stereocenters. The van der Waals surface area contributed by atoms with E-state index in [-0.39, 0.29) is 6.71 Å². The van der Waals surface area contributed by atoms with Crippen molar-refractivity contribution in [3.63, 3.8) is 0 Å². The van der Waals surface area contributed by atoms with Crippen LogP contribution in [0.15, 0.2) is 72.8 Å². The lowest BCUT2D eigenvalue weighted by atomic mass is 9.31. The smallest absolute Gasteiger partial charge is 0.233 e. The highest BCUT2D eigenvalue weighted by Gasteiger charge is 2.38. The number of aromatic nitrogens is 2. The van der Waals surface area contributed by atoms with Gasteiger partial charge in [-0.3, -0.25) is 0 Å². The molecule has 2 nitrogen and oxygen atoms in total. The van der Waals surface area contributed by atoms with E-state index in [9.17, 15) is 0 Å². The Balaban J connectivity index is 1.64. The van der Waals surface area contributed by atoms with E-state index in [0.29, 0.717) is 0 Å². The van der Waals surface area contributed by atoms with Crippen LogP contribution < -0.4 is 16.4 Å². The Morgan fingerprint density at radius 3 is 1.82 bits per heavy atom. The fourth-order valence-electron chi connectivity index (χ4n) is 4.91. The van der Waals surface area contributed by atoms with Gasteiger partial charge in [0.05, 0.1) is 0 Å². The Kier molecular flexibility index (Phi) is 3.33. The molecule has 0 fully saturated rings. The molecule has 3 aromatic carbocycles. The van der Waals surface area contributed by atoms with Gasteiger partial charge >= 0.3 is 0 Å². The first kappa shape index (κ1) is 15.8. The predicted octanol–water partition coefficient (Wildman–Crippen LogP) is 2.78. The summed E-state index contributed by atoms with van der Waals surface area (Å²) in [4.78, 5) is 10.2. The van der Waals surface area contributed by atoms with Gasteiger partial charge in [0, 0.05) is 29.8 Å². The van der Waals surface area contributed by atoms with Crippen molar-refractivity contribution in [2.45, 2.75) is 19.8 Å². The molecule has 0 saturated heterocycles. The summed E-state index contributed by atoms with van der Waals surface area (Å²) in [5, 5.41) is 0. The molecular weight excluding hydrogens is 339 g/mol. The maximum atomic E-state index is 5.10. The molecule has 3 heteroatoms. The molecule has 4 aromatic rings. The van der Waals surface area contributed by atoms with Crippen LogP contribution in [0.3, 0.4) is 0 Å². The standard InChI is InChI=1S/C25H19BN2/c1-16-8-2-5-11-19(16)25-27-22-14-17-9-3-6-12-20(17)26-21-13-7-4-10-18(21)15-23(28-25)24(22)26/h2-13H,14-15H2,1H3. The summed E-state index contributed by atoms with van der Waals surface area (Å²) in [6.45, 7) is 2.39. The lowest BCUT2D eigenvalue weighted by molar-refractivity contribution is 0.983. The Morgan fingerprint density at radius 2 is 1.21 bits per heavy atom. The topological polar surface area (TPSA) is 25.8 Å². The van der Waals surface area contributed by atoms with Crippen molar-refractivity contribution >= 4 is 23.1 Å². The zero-order valence-electron chi connectivity index (χ0n) is 15.8. The minimum atomic E-state index is 0.255. The molecule has 0 aliphatic carbocycles. The van der Waals surface area contributed by atoms with Crippen molar-refractivity contribution in [3.05, 3.63) is 101 Å². The normalized spacial score (nSPS) is 13.5. The summed E-state index contributed by atoms with van der Waals surface area (Å²) in [7, 11) is 0. The lowest BCUT2D eigenvalue weighted by Gasteiger charge is -2.32. The summed E-state index contributed by atoms with van der Waals surface area (Å²) in [6.07, 6.45) is 1.77. The average Bonchev–Trinajstić information content (AvgIpc) is 2.73. The first-order valence-corrected chi connectivity index (χ1v) is 9.91. The van der Waals surface area contributed by atoms with Crippen LogP contribution in [0.1, 0.15) is 28.1 Å². The SMILES string of the molecule is Cc1ccccc1-c1nc2c3c(n1)Cc1ccccc1B3c1ccccc1C2. The molecular formula is C25H19BN2. The fraction of sp³-hybridized carbons (Fsp3) is 0.120. The molecule has 0 amide bonds. The molecule has 2 aliphatic rings. The number of hydrogen-bond acceptors (Lipinski definition) is 2. The van der Waals surface area contributed by atoms with Crippen LogP contribution in [0.5, 0.6) is 0 Å². The maximum absolute atomic E-state index is 5.10. The Morgan fingerprint density at radius 1 is 0.679 bits per heavy atom. The molecule has 0 spiro atoms. The van der Waals surface area contributed by atoms with Gasteiger partial charge in [-0.05, 0) is 29.1 Å². The Labute approximate surface area is 165 Å². The summed E-state index contributed by atoms with van der Waals surface area (Å²) >= 11 is 0. The molecule has 28 heavy (non-hydrogen) atoms. The highest BCUT2D eigenvalue weighted by atomic mass is 14.9. The van der Waals surface area contributed by atoms with Crippen LogP contribution in [0.2, 0.25) is 0 Å². The summed E-state index contributed by atoms with van der Waals surface area (Å²) in [5.74, 6) is 0.865. The van der Waals surface area contributed by atoms with Gasteiger partial charge in [0.1, 0.15) is 0 Å². The summed E-state index contributed by atoms with van der Waals surface area (Å²) in [5.41, 5.74) is 11.7. The number of benzene rings is 3. The van der Waals surface area contributed by atoms with Gasteiger partial charge in [0.25, 0.3) is 0 Å². The molecule has 0 saturated carbocycles. The van der Waals surface area contributed by atoms with Crippen molar-refractivity contribution in [1.29, 1.82) is 0 Å². The second-order valence-electron chi connectivity index (χ2n) is 7.85. The van der Waals surface area contributed by atoms with Crippen molar-refractivity contribution in [2.75, 3.05) is 0 Å². The highest BCUT2D eigenvalue weighted by molar-refractivity contribution is 6.97. The largest absolute Gasteiger partial charge is 0.246 e. The number of fused-ring (bicyclic) bond motifs is 4. The minimum absolute atomic E-state index is 0.255. The number of nitrogens with zero attached hydrogens (tertiary/aromatic N) is 2. The van der Waals surface area contributed by atoms with E-state index in [1.54, 1.807) is 0 Å². The molecule has 6 rings (SSSR count). The Hall–Kier alpha value is -3.20. The van der Waals surface area contributed by atoms with E-state index in [2.05, 4.69) is 79.7 Å². The van der Waals surface area contributed by atoms with Crippen LogP contribution in [0.4, 0.5) is 0 Å². The van der Waals surface area contributed by atoms with Gasteiger partial charge in [-0.1, -0.05) is 83.7 Å². The first-order chi connectivity index (χ1) is 13.8. The van der Waals surface area contributed by atoms with Gasteiger partial charge in [0.15, 0.2) is 5.82 Å². The van der Waals surface area contributed by atoms with Crippen LogP contribution in [0, 0.1) is 6.92 Å². The molecule has 1 aromatic heterocycles. The van der Waals surface area contributed by atoms with Gasteiger partial charge in [-0.2, -0.15) is 0 Å². The molecule has 0 bridgehead atoms. The average molecular weight is 358 g/mol. The second-order valence-corrected chi connectivity index (χ2v) is 7.85. The van der Waals surface area contributed by atoms with Crippen molar-refractivity contribution in [2.24, 2.45) is 0 Å². The molecule has 0 atom stereocenters. The third-order valence-corrected chi connectivity index (χ3v) is 6.23. The van der Waals surface area contributed by atoms with E-state index >= 15 is 0 Å². The van der Waals surface area contributed by atoms with Crippen molar-refractivity contribution in [1.82, 2.24) is 9.97 Å². The van der Waals surface area contributed by atoms with Gasteiger partial charge in [-0.25, -0.2) is 9.97 Å². The van der Waals surface area contributed by atoms with Crippen LogP contribution in [-0.4, -0.2) is 16.7 Å².